The highest BCUT2D eigenvalue weighted by molar-refractivity contribution is 5.81. The molecule has 0 radical (unpaired) electrons. The molecule has 1 aliphatic heterocycles. The number of fused-ring (bicyclic) bond motifs is 1. The molecule has 1 aromatic heterocycles. The average molecular weight is 358 g/mol. The molecule has 1 aromatic carbocycles. The van der Waals surface area contributed by atoms with Crippen molar-refractivity contribution in [3.63, 3.8) is 0 Å². The van der Waals surface area contributed by atoms with Gasteiger partial charge in [0.15, 0.2) is 0 Å². The molecule has 2 aromatic rings. The number of carbonyl (C=O) groups excluding carboxylic acids is 1. The van der Waals surface area contributed by atoms with Crippen molar-refractivity contribution in [2.24, 2.45) is 0 Å². The summed E-state index contributed by atoms with van der Waals surface area (Å²) in [7, 11) is 0. The van der Waals surface area contributed by atoms with E-state index in [0.29, 0.717) is 6.54 Å². The highest BCUT2D eigenvalue weighted by Crippen LogP contribution is 2.13. The lowest BCUT2D eigenvalue weighted by molar-refractivity contribution is -0.122. The third-order valence-electron chi connectivity index (χ3n) is 5.06. The standard InChI is InChI=1S/C20H30N4O2/c1-3-11-23-17-9-5-6-10-18(17)24(20(23)26)15-19(25)21-16(2)14-22-12-7-4-8-13-22/h5-6,9-10,16H,3-4,7-8,11-15H2,1-2H3,(H,21,25)/t16-/m1/s1. The summed E-state index contributed by atoms with van der Waals surface area (Å²) in [6, 6.07) is 7.78. The van der Waals surface area contributed by atoms with E-state index in [9.17, 15) is 9.59 Å². The Balaban J connectivity index is 1.69. The minimum atomic E-state index is -0.105. The van der Waals surface area contributed by atoms with Gasteiger partial charge in [0.1, 0.15) is 6.54 Å². The molecule has 1 saturated heterocycles. The predicted octanol–water partition coefficient (Wildman–Crippen LogP) is 2.20. The molecule has 0 spiro atoms. The fraction of sp³-hybridized carbons (Fsp3) is 0.600. The molecule has 1 N–H and O–H groups in total. The van der Waals surface area contributed by atoms with Gasteiger partial charge in [-0.15, -0.1) is 0 Å². The monoisotopic (exact) mass is 358 g/mol. The van der Waals surface area contributed by atoms with Gasteiger partial charge in [0.25, 0.3) is 0 Å². The maximum Gasteiger partial charge on any atom is 0.329 e. The van der Waals surface area contributed by atoms with Crippen molar-refractivity contribution in [3.05, 3.63) is 34.7 Å². The zero-order valence-electron chi connectivity index (χ0n) is 15.9. The van der Waals surface area contributed by atoms with E-state index in [-0.39, 0.29) is 24.2 Å². The highest BCUT2D eigenvalue weighted by atomic mass is 16.2. The summed E-state index contributed by atoms with van der Waals surface area (Å²) in [5.74, 6) is -0.101. The number of imidazole rings is 1. The average Bonchev–Trinajstić information content (AvgIpc) is 2.89. The van der Waals surface area contributed by atoms with Crippen LogP contribution in [0, 0.1) is 0 Å². The number of piperidine rings is 1. The van der Waals surface area contributed by atoms with E-state index in [1.54, 1.807) is 9.13 Å². The Labute approximate surface area is 154 Å². The molecule has 26 heavy (non-hydrogen) atoms. The molecule has 0 bridgehead atoms. The molecule has 0 unspecified atom stereocenters. The van der Waals surface area contributed by atoms with Crippen LogP contribution in [-0.4, -0.2) is 45.6 Å². The third-order valence-corrected chi connectivity index (χ3v) is 5.06. The number of amides is 1. The number of rotatable bonds is 7. The van der Waals surface area contributed by atoms with Gasteiger partial charge >= 0.3 is 5.69 Å². The Hall–Kier alpha value is -2.08. The normalized spacial score (nSPS) is 16.7. The number of carbonyl (C=O) groups is 1. The smallest absolute Gasteiger partial charge is 0.329 e. The molecule has 2 heterocycles. The second-order valence-corrected chi connectivity index (χ2v) is 7.34. The predicted molar refractivity (Wildman–Crippen MR) is 104 cm³/mol. The van der Waals surface area contributed by atoms with Crippen LogP contribution in [0.25, 0.3) is 11.0 Å². The summed E-state index contributed by atoms with van der Waals surface area (Å²) >= 11 is 0. The fourth-order valence-corrected chi connectivity index (χ4v) is 3.90. The van der Waals surface area contributed by atoms with Crippen LogP contribution in [0.1, 0.15) is 39.5 Å². The quantitative estimate of drug-likeness (QED) is 0.825. The first kappa shape index (κ1) is 18.7. The van der Waals surface area contributed by atoms with E-state index >= 15 is 0 Å². The number of aromatic nitrogens is 2. The number of nitrogens with one attached hydrogen (secondary N) is 1. The molecular weight excluding hydrogens is 328 g/mol. The number of aryl methyl sites for hydroxylation is 1. The Morgan fingerprint density at radius 2 is 1.77 bits per heavy atom. The van der Waals surface area contributed by atoms with Gasteiger partial charge in [0, 0.05) is 19.1 Å². The van der Waals surface area contributed by atoms with Crippen LogP contribution in [0.15, 0.2) is 29.1 Å². The number of nitrogens with zero attached hydrogens (tertiary/aromatic N) is 3. The van der Waals surface area contributed by atoms with Gasteiger partial charge in [0.05, 0.1) is 11.0 Å². The van der Waals surface area contributed by atoms with E-state index in [0.717, 1.165) is 37.1 Å². The van der Waals surface area contributed by atoms with Gasteiger partial charge in [-0.2, -0.15) is 0 Å². The van der Waals surface area contributed by atoms with Gasteiger partial charge < -0.3 is 10.2 Å². The number of para-hydroxylation sites is 2. The van der Waals surface area contributed by atoms with Crippen molar-refractivity contribution >= 4 is 16.9 Å². The molecule has 0 saturated carbocycles. The molecule has 6 heteroatoms. The van der Waals surface area contributed by atoms with Crippen molar-refractivity contribution in [2.75, 3.05) is 19.6 Å². The van der Waals surface area contributed by atoms with Gasteiger partial charge in [-0.25, -0.2) is 4.79 Å². The SMILES string of the molecule is CCCn1c(=O)n(CC(=O)N[C@H](C)CN2CCCCC2)c2ccccc21. The van der Waals surface area contributed by atoms with E-state index in [1.807, 2.05) is 38.1 Å². The minimum Gasteiger partial charge on any atom is -0.351 e. The Kier molecular flexibility index (Phi) is 6.14. The van der Waals surface area contributed by atoms with Crippen molar-refractivity contribution in [2.45, 2.75) is 58.7 Å². The Morgan fingerprint density at radius 1 is 1.12 bits per heavy atom. The van der Waals surface area contributed by atoms with Crippen LogP contribution in [-0.2, 0) is 17.9 Å². The van der Waals surface area contributed by atoms with Gasteiger partial charge in [-0.1, -0.05) is 25.5 Å². The molecular formula is C20H30N4O2. The molecule has 1 atom stereocenters. The fourth-order valence-electron chi connectivity index (χ4n) is 3.90. The first-order valence-electron chi connectivity index (χ1n) is 9.80. The number of hydrogen-bond donors (Lipinski definition) is 1. The molecule has 1 aliphatic rings. The molecule has 142 valence electrons. The zero-order valence-corrected chi connectivity index (χ0v) is 15.9. The topological polar surface area (TPSA) is 59.3 Å². The van der Waals surface area contributed by atoms with Crippen LogP contribution < -0.4 is 11.0 Å². The second kappa shape index (κ2) is 8.54. The molecule has 0 aliphatic carbocycles. The van der Waals surface area contributed by atoms with Gasteiger partial charge in [-0.05, 0) is 51.4 Å². The van der Waals surface area contributed by atoms with Crippen LogP contribution in [0.4, 0.5) is 0 Å². The molecule has 1 fully saturated rings. The maximum atomic E-state index is 12.8. The zero-order chi connectivity index (χ0) is 18.5. The minimum absolute atomic E-state index is 0.0698. The number of likely N-dealkylation sites (tertiary alicyclic amines) is 1. The summed E-state index contributed by atoms with van der Waals surface area (Å²) < 4.78 is 3.35. The first-order valence-corrected chi connectivity index (χ1v) is 9.80. The summed E-state index contributed by atoms with van der Waals surface area (Å²) in [5.41, 5.74) is 1.62. The summed E-state index contributed by atoms with van der Waals surface area (Å²) in [4.78, 5) is 27.7. The lowest BCUT2D eigenvalue weighted by Gasteiger charge is -2.29. The number of benzene rings is 1. The van der Waals surface area contributed by atoms with Gasteiger partial charge in [0.2, 0.25) is 5.91 Å². The summed E-state index contributed by atoms with van der Waals surface area (Å²) in [5, 5.41) is 3.06. The van der Waals surface area contributed by atoms with Crippen LogP contribution in [0.5, 0.6) is 0 Å². The van der Waals surface area contributed by atoms with Crippen molar-refractivity contribution in [1.29, 1.82) is 0 Å². The van der Waals surface area contributed by atoms with Crippen LogP contribution >= 0.6 is 0 Å². The summed E-state index contributed by atoms with van der Waals surface area (Å²) in [6.07, 6.45) is 4.68. The second-order valence-electron chi connectivity index (χ2n) is 7.34. The lowest BCUT2D eigenvalue weighted by Crippen LogP contribution is -2.45. The van der Waals surface area contributed by atoms with Crippen molar-refractivity contribution in [1.82, 2.24) is 19.4 Å². The van der Waals surface area contributed by atoms with Crippen molar-refractivity contribution in [3.8, 4) is 0 Å². The van der Waals surface area contributed by atoms with Gasteiger partial charge in [-0.3, -0.25) is 13.9 Å². The lowest BCUT2D eigenvalue weighted by atomic mass is 10.1. The van der Waals surface area contributed by atoms with E-state index in [2.05, 4.69) is 10.2 Å². The van der Waals surface area contributed by atoms with Crippen LogP contribution in [0.3, 0.4) is 0 Å². The molecule has 3 rings (SSSR count). The number of hydrogen-bond acceptors (Lipinski definition) is 3. The first-order chi connectivity index (χ1) is 12.6. The third kappa shape index (κ3) is 4.18. The largest absolute Gasteiger partial charge is 0.351 e. The highest BCUT2D eigenvalue weighted by Gasteiger charge is 2.18. The summed E-state index contributed by atoms with van der Waals surface area (Å²) in [6.45, 7) is 7.93. The van der Waals surface area contributed by atoms with Crippen molar-refractivity contribution < 1.29 is 4.79 Å². The molecule has 1 amide bonds. The Morgan fingerprint density at radius 3 is 2.42 bits per heavy atom. The van der Waals surface area contributed by atoms with E-state index in [4.69, 9.17) is 0 Å². The Bertz CT molecular complexity index is 802. The molecule has 6 nitrogen and oxygen atoms in total. The maximum absolute atomic E-state index is 12.8. The van der Waals surface area contributed by atoms with E-state index < -0.39 is 0 Å². The van der Waals surface area contributed by atoms with Crippen LogP contribution in [0.2, 0.25) is 0 Å². The van der Waals surface area contributed by atoms with E-state index in [1.165, 1.54) is 19.3 Å².